The molecule has 148 valence electrons. The summed E-state index contributed by atoms with van der Waals surface area (Å²) in [6.45, 7) is 4.54. The highest BCUT2D eigenvalue weighted by Crippen LogP contribution is 2.33. The summed E-state index contributed by atoms with van der Waals surface area (Å²) in [7, 11) is 0. The molecule has 5 N–H and O–H groups in total. The van der Waals surface area contributed by atoms with Gasteiger partial charge in [0.25, 0.3) is 0 Å². The van der Waals surface area contributed by atoms with Gasteiger partial charge in [-0.15, -0.1) is 0 Å². The quantitative estimate of drug-likeness (QED) is 0.698. The lowest BCUT2D eigenvalue weighted by atomic mass is 9.90. The Bertz CT molecular complexity index is 867. The highest BCUT2D eigenvalue weighted by Gasteiger charge is 2.34. The number of amides is 2. The fourth-order valence-electron chi connectivity index (χ4n) is 3.52. The number of carbonyl (C=O) groups excluding carboxylic acids is 2. The normalized spacial score (nSPS) is 19.3. The van der Waals surface area contributed by atoms with Crippen molar-refractivity contribution in [2.75, 3.05) is 23.3 Å². The largest absolute Gasteiger partial charge is 0.384 e. The van der Waals surface area contributed by atoms with E-state index in [1.165, 1.54) is 6.20 Å². The Morgan fingerprint density at radius 1 is 1.21 bits per heavy atom. The molecule has 0 radical (unpaired) electrons. The van der Waals surface area contributed by atoms with Crippen molar-refractivity contribution in [3.63, 3.8) is 0 Å². The summed E-state index contributed by atoms with van der Waals surface area (Å²) in [5, 5.41) is 2.65. The van der Waals surface area contributed by atoms with Gasteiger partial charge in [0.05, 0.1) is 17.9 Å². The van der Waals surface area contributed by atoms with Crippen molar-refractivity contribution in [2.45, 2.75) is 39.2 Å². The van der Waals surface area contributed by atoms with Crippen molar-refractivity contribution >= 4 is 29.1 Å². The molecule has 8 nitrogen and oxygen atoms in total. The minimum absolute atomic E-state index is 0.196. The number of piperidine rings is 1. The van der Waals surface area contributed by atoms with Crippen molar-refractivity contribution in [3.05, 3.63) is 41.7 Å². The molecule has 2 atom stereocenters. The van der Waals surface area contributed by atoms with Crippen LogP contribution in [0.1, 0.15) is 43.9 Å². The minimum atomic E-state index is -0.684. The zero-order valence-corrected chi connectivity index (χ0v) is 16.2. The monoisotopic (exact) mass is 382 g/mol. The fourth-order valence-corrected chi connectivity index (χ4v) is 3.52. The van der Waals surface area contributed by atoms with E-state index in [0.717, 1.165) is 24.0 Å². The Morgan fingerprint density at radius 2 is 2.00 bits per heavy atom. The lowest BCUT2D eigenvalue weighted by molar-refractivity contribution is -0.146. The Kier molecular flexibility index (Phi) is 5.77. The summed E-state index contributed by atoms with van der Waals surface area (Å²) in [5.74, 6) is -0.0854. The second-order valence-electron chi connectivity index (χ2n) is 7.25. The van der Waals surface area contributed by atoms with E-state index in [2.05, 4.69) is 22.2 Å². The van der Waals surface area contributed by atoms with Crippen LogP contribution in [-0.2, 0) is 16.0 Å². The summed E-state index contributed by atoms with van der Waals surface area (Å²) in [6.07, 6.45) is 5.56. The average Bonchev–Trinajstić information content (AvgIpc) is 2.69. The van der Waals surface area contributed by atoms with Crippen molar-refractivity contribution in [1.82, 2.24) is 14.9 Å². The second-order valence-corrected chi connectivity index (χ2v) is 7.25. The van der Waals surface area contributed by atoms with Gasteiger partial charge in [0.2, 0.25) is 0 Å². The first-order valence-electron chi connectivity index (χ1n) is 9.46. The molecule has 0 bridgehead atoms. The number of carbonyl (C=O) groups is 2. The molecule has 3 heterocycles. The topological polar surface area (TPSA) is 127 Å². The molecule has 2 aromatic heterocycles. The maximum Gasteiger partial charge on any atom is 0.313 e. The Labute approximate surface area is 164 Å². The second kappa shape index (κ2) is 8.24. The first-order chi connectivity index (χ1) is 13.4. The highest BCUT2D eigenvalue weighted by molar-refractivity contribution is 6.39. The smallest absolute Gasteiger partial charge is 0.313 e. The number of nitrogens with zero attached hydrogens (tertiary/aromatic N) is 3. The highest BCUT2D eigenvalue weighted by atomic mass is 16.2. The number of anilines is 3. The Hall–Kier alpha value is -3.16. The number of pyridine rings is 2. The molecule has 3 rings (SSSR count). The molecule has 0 spiro atoms. The lowest BCUT2D eigenvalue weighted by Crippen LogP contribution is -2.46. The van der Waals surface area contributed by atoms with E-state index < -0.39 is 11.8 Å². The van der Waals surface area contributed by atoms with Crippen LogP contribution < -0.4 is 16.8 Å². The van der Waals surface area contributed by atoms with Crippen molar-refractivity contribution in [3.8, 4) is 0 Å². The van der Waals surface area contributed by atoms with E-state index >= 15 is 0 Å². The maximum absolute atomic E-state index is 12.9. The number of nitrogens with two attached hydrogens (primary N) is 2. The van der Waals surface area contributed by atoms with Gasteiger partial charge in [0.15, 0.2) is 0 Å². The molecule has 0 saturated carbocycles. The van der Waals surface area contributed by atoms with Crippen LogP contribution in [0.2, 0.25) is 0 Å². The van der Waals surface area contributed by atoms with Gasteiger partial charge in [-0.3, -0.25) is 9.59 Å². The third-order valence-corrected chi connectivity index (χ3v) is 5.11. The molecule has 2 amide bonds. The first-order valence-corrected chi connectivity index (χ1v) is 9.46. The van der Waals surface area contributed by atoms with Crippen LogP contribution in [0.25, 0.3) is 0 Å². The van der Waals surface area contributed by atoms with Crippen LogP contribution in [0.4, 0.5) is 17.3 Å². The van der Waals surface area contributed by atoms with Crippen molar-refractivity contribution in [2.24, 2.45) is 5.92 Å². The third-order valence-electron chi connectivity index (χ3n) is 5.11. The standard InChI is InChI=1S/C20H26N6O2/c1-3-13-8-15(10-24-18(13)22)25-19(27)20(28)26-11-12(2)4-6-16(26)14-5-7-17(21)23-9-14/h5,7-10,12,16H,3-4,6,11H2,1-2H3,(H2,21,23)(H2,22,24)(H,25,27)/t12-,16+/m0/s1. The van der Waals surface area contributed by atoms with E-state index in [9.17, 15) is 9.59 Å². The van der Waals surface area contributed by atoms with Gasteiger partial charge in [-0.05, 0) is 48.4 Å². The van der Waals surface area contributed by atoms with E-state index in [0.29, 0.717) is 36.2 Å². The molecular weight excluding hydrogens is 356 g/mol. The fraction of sp³-hybridized carbons (Fsp3) is 0.400. The molecule has 1 fully saturated rings. The molecule has 0 aliphatic carbocycles. The number of hydrogen-bond acceptors (Lipinski definition) is 6. The van der Waals surface area contributed by atoms with Crippen LogP contribution in [0.5, 0.6) is 0 Å². The molecule has 0 aromatic carbocycles. The Balaban J connectivity index is 1.79. The SMILES string of the molecule is CCc1cc(NC(=O)C(=O)N2C[C@@H](C)CC[C@@H]2c2ccc(N)nc2)cnc1N. The third kappa shape index (κ3) is 4.21. The average molecular weight is 382 g/mol. The van der Waals surface area contributed by atoms with E-state index in [4.69, 9.17) is 11.5 Å². The molecule has 0 unspecified atom stereocenters. The number of nitrogens with one attached hydrogen (secondary N) is 1. The molecule has 28 heavy (non-hydrogen) atoms. The van der Waals surface area contributed by atoms with Crippen LogP contribution >= 0.6 is 0 Å². The van der Waals surface area contributed by atoms with Crippen molar-refractivity contribution < 1.29 is 9.59 Å². The van der Waals surface area contributed by atoms with Crippen LogP contribution in [0, 0.1) is 5.92 Å². The van der Waals surface area contributed by atoms with Crippen LogP contribution in [0.3, 0.4) is 0 Å². The summed E-state index contributed by atoms with van der Waals surface area (Å²) in [6, 6.07) is 5.12. The minimum Gasteiger partial charge on any atom is -0.384 e. The lowest BCUT2D eigenvalue weighted by Gasteiger charge is -2.38. The van der Waals surface area contributed by atoms with Gasteiger partial charge in [-0.2, -0.15) is 0 Å². The van der Waals surface area contributed by atoms with Gasteiger partial charge in [-0.1, -0.05) is 19.9 Å². The zero-order chi connectivity index (χ0) is 20.3. The summed E-state index contributed by atoms with van der Waals surface area (Å²) in [4.78, 5) is 35.4. The summed E-state index contributed by atoms with van der Waals surface area (Å²) >= 11 is 0. The first kappa shape index (κ1) is 19.6. The number of aromatic nitrogens is 2. The predicted octanol–water partition coefficient (Wildman–Crippen LogP) is 2.14. The maximum atomic E-state index is 12.9. The van der Waals surface area contributed by atoms with E-state index in [1.54, 1.807) is 23.2 Å². The van der Waals surface area contributed by atoms with E-state index in [1.807, 2.05) is 13.0 Å². The molecule has 8 heteroatoms. The van der Waals surface area contributed by atoms with Gasteiger partial charge >= 0.3 is 11.8 Å². The number of rotatable bonds is 3. The van der Waals surface area contributed by atoms with Crippen LogP contribution in [-0.4, -0.2) is 33.2 Å². The number of likely N-dealkylation sites (tertiary alicyclic amines) is 1. The van der Waals surface area contributed by atoms with E-state index in [-0.39, 0.29) is 6.04 Å². The summed E-state index contributed by atoms with van der Waals surface area (Å²) in [5.41, 5.74) is 13.6. The van der Waals surface area contributed by atoms with Gasteiger partial charge in [0.1, 0.15) is 11.6 Å². The molecule has 2 aromatic rings. The van der Waals surface area contributed by atoms with Gasteiger partial charge in [0, 0.05) is 12.7 Å². The molecule has 1 aliphatic rings. The number of aryl methyl sites for hydroxylation is 1. The van der Waals surface area contributed by atoms with Crippen molar-refractivity contribution in [1.29, 1.82) is 0 Å². The molecule has 1 aliphatic heterocycles. The zero-order valence-electron chi connectivity index (χ0n) is 16.2. The Morgan fingerprint density at radius 3 is 2.68 bits per heavy atom. The number of nitrogen functional groups attached to an aromatic ring is 2. The van der Waals surface area contributed by atoms with Gasteiger partial charge in [-0.25, -0.2) is 9.97 Å². The van der Waals surface area contributed by atoms with Crippen LogP contribution in [0.15, 0.2) is 30.6 Å². The molecule has 1 saturated heterocycles. The summed E-state index contributed by atoms with van der Waals surface area (Å²) < 4.78 is 0. The predicted molar refractivity (Wildman–Crippen MR) is 108 cm³/mol. The molecular formula is C20H26N6O2. The number of hydrogen-bond donors (Lipinski definition) is 3. The van der Waals surface area contributed by atoms with Gasteiger partial charge < -0.3 is 21.7 Å².